The average Bonchev–Trinajstić information content (AvgIpc) is 3.14. The SMILES string of the molecule is Cc1ccc(S(=O)(=O)N2CCC[C@H](C(=O)NNC(=O)Cc3ccccc3)C2)s1. The number of nitrogens with zero attached hydrogens (tertiary/aromatic N) is 1. The Bertz CT molecular complexity index is 941. The van der Waals surface area contributed by atoms with E-state index in [1.54, 1.807) is 12.1 Å². The van der Waals surface area contributed by atoms with Crippen molar-refractivity contribution in [1.82, 2.24) is 15.2 Å². The van der Waals surface area contributed by atoms with Gasteiger partial charge in [-0.1, -0.05) is 30.3 Å². The molecule has 0 saturated carbocycles. The Balaban J connectivity index is 1.55. The van der Waals surface area contributed by atoms with Crippen LogP contribution in [0, 0.1) is 12.8 Å². The predicted molar refractivity (Wildman–Crippen MR) is 107 cm³/mol. The van der Waals surface area contributed by atoms with Crippen LogP contribution in [-0.2, 0) is 26.0 Å². The van der Waals surface area contributed by atoms with E-state index in [4.69, 9.17) is 0 Å². The number of carbonyl (C=O) groups excluding carboxylic acids is 2. The van der Waals surface area contributed by atoms with Gasteiger partial charge in [0.05, 0.1) is 12.3 Å². The Morgan fingerprint density at radius 3 is 2.57 bits per heavy atom. The van der Waals surface area contributed by atoms with Crippen molar-refractivity contribution in [3.63, 3.8) is 0 Å². The fourth-order valence-corrected chi connectivity index (χ4v) is 6.07. The van der Waals surface area contributed by atoms with Crippen molar-refractivity contribution in [2.45, 2.75) is 30.4 Å². The van der Waals surface area contributed by atoms with Crippen molar-refractivity contribution in [3.8, 4) is 0 Å². The quantitative estimate of drug-likeness (QED) is 0.720. The molecular formula is C19H23N3O4S2. The first-order valence-electron chi connectivity index (χ1n) is 9.05. The molecule has 28 heavy (non-hydrogen) atoms. The Hall–Kier alpha value is -2.23. The molecule has 3 rings (SSSR count). The minimum atomic E-state index is -3.60. The summed E-state index contributed by atoms with van der Waals surface area (Å²) in [5, 5.41) is 0. The molecule has 1 aliphatic heterocycles. The van der Waals surface area contributed by atoms with E-state index in [0.29, 0.717) is 23.6 Å². The van der Waals surface area contributed by atoms with E-state index in [1.165, 1.54) is 15.6 Å². The molecule has 2 amide bonds. The lowest BCUT2D eigenvalue weighted by Gasteiger charge is -2.30. The van der Waals surface area contributed by atoms with Crippen molar-refractivity contribution in [1.29, 1.82) is 0 Å². The predicted octanol–water partition coefficient (Wildman–Crippen LogP) is 1.85. The van der Waals surface area contributed by atoms with Gasteiger partial charge in [0.25, 0.3) is 10.0 Å². The zero-order valence-electron chi connectivity index (χ0n) is 15.6. The first-order chi connectivity index (χ1) is 13.4. The molecule has 0 spiro atoms. The van der Waals surface area contributed by atoms with Crippen LogP contribution >= 0.6 is 11.3 Å². The largest absolute Gasteiger partial charge is 0.273 e. The number of nitrogens with one attached hydrogen (secondary N) is 2. The molecule has 1 aliphatic rings. The summed E-state index contributed by atoms with van der Waals surface area (Å²) in [6, 6.07) is 12.6. The monoisotopic (exact) mass is 421 g/mol. The lowest BCUT2D eigenvalue weighted by molar-refractivity contribution is -0.131. The summed E-state index contributed by atoms with van der Waals surface area (Å²) in [6.07, 6.45) is 1.33. The van der Waals surface area contributed by atoms with Crippen LogP contribution in [0.4, 0.5) is 0 Å². The number of hydrogen-bond acceptors (Lipinski definition) is 5. The smallest absolute Gasteiger partial charge is 0.252 e. The molecule has 1 fully saturated rings. The fraction of sp³-hybridized carbons (Fsp3) is 0.368. The highest BCUT2D eigenvalue weighted by atomic mass is 32.2. The summed E-state index contributed by atoms with van der Waals surface area (Å²) in [4.78, 5) is 25.3. The molecule has 9 heteroatoms. The Labute approximate surface area is 168 Å². The number of hydrazine groups is 1. The molecule has 1 atom stereocenters. The average molecular weight is 422 g/mol. The number of sulfonamides is 1. The van der Waals surface area contributed by atoms with E-state index in [1.807, 2.05) is 37.3 Å². The molecule has 2 N–H and O–H groups in total. The number of amides is 2. The van der Waals surface area contributed by atoms with Crippen LogP contribution in [0.2, 0.25) is 0 Å². The molecule has 1 aromatic heterocycles. The molecule has 1 saturated heterocycles. The number of hydrogen-bond donors (Lipinski definition) is 2. The van der Waals surface area contributed by atoms with E-state index >= 15 is 0 Å². The molecular weight excluding hydrogens is 398 g/mol. The van der Waals surface area contributed by atoms with Crippen LogP contribution < -0.4 is 10.9 Å². The molecule has 150 valence electrons. The van der Waals surface area contributed by atoms with Gasteiger partial charge in [-0.25, -0.2) is 8.42 Å². The molecule has 1 aromatic carbocycles. The highest BCUT2D eigenvalue weighted by Crippen LogP contribution is 2.28. The van der Waals surface area contributed by atoms with E-state index in [9.17, 15) is 18.0 Å². The van der Waals surface area contributed by atoms with Gasteiger partial charge in [-0.15, -0.1) is 11.3 Å². The van der Waals surface area contributed by atoms with Gasteiger partial charge in [0.2, 0.25) is 11.8 Å². The van der Waals surface area contributed by atoms with Crippen LogP contribution in [0.1, 0.15) is 23.3 Å². The lowest BCUT2D eigenvalue weighted by atomic mass is 9.99. The van der Waals surface area contributed by atoms with Gasteiger partial charge < -0.3 is 0 Å². The number of rotatable bonds is 5. The van der Waals surface area contributed by atoms with Gasteiger partial charge in [-0.3, -0.25) is 20.4 Å². The highest BCUT2D eigenvalue weighted by Gasteiger charge is 2.34. The van der Waals surface area contributed by atoms with E-state index < -0.39 is 15.9 Å². The summed E-state index contributed by atoms with van der Waals surface area (Å²) < 4.78 is 27.2. The molecule has 0 bridgehead atoms. The maximum Gasteiger partial charge on any atom is 0.252 e. The molecule has 2 aromatic rings. The van der Waals surface area contributed by atoms with Crippen molar-refractivity contribution in [2.24, 2.45) is 5.92 Å². The Morgan fingerprint density at radius 1 is 1.14 bits per heavy atom. The van der Waals surface area contributed by atoms with Gasteiger partial charge in [0.15, 0.2) is 0 Å². The van der Waals surface area contributed by atoms with Crippen molar-refractivity contribution in [2.75, 3.05) is 13.1 Å². The Morgan fingerprint density at radius 2 is 1.89 bits per heavy atom. The normalized spacial score (nSPS) is 17.8. The molecule has 0 aliphatic carbocycles. The zero-order chi connectivity index (χ0) is 20.1. The van der Waals surface area contributed by atoms with E-state index in [2.05, 4.69) is 10.9 Å². The van der Waals surface area contributed by atoms with Crippen molar-refractivity contribution >= 4 is 33.2 Å². The molecule has 2 heterocycles. The van der Waals surface area contributed by atoms with Crippen LogP contribution in [0.3, 0.4) is 0 Å². The third-order valence-electron chi connectivity index (χ3n) is 4.60. The Kier molecular flexibility index (Phi) is 6.48. The van der Waals surface area contributed by atoms with Gasteiger partial charge >= 0.3 is 0 Å². The first-order valence-corrected chi connectivity index (χ1v) is 11.3. The number of aryl methyl sites for hydroxylation is 1. The van der Waals surface area contributed by atoms with Crippen LogP contribution in [-0.4, -0.2) is 37.6 Å². The number of thiophene rings is 1. The topological polar surface area (TPSA) is 95.6 Å². The zero-order valence-corrected chi connectivity index (χ0v) is 17.2. The fourth-order valence-electron chi connectivity index (χ4n) is 3.11. The summed E-state index contributed by atoms with van der Waals surface area (Å²) in [6.45, 7) is 2.36. The lowest BCUT2D eigenvalue weighted by Crippen LogP contribution is -2.50. The van der Waals surface area contributed by atoms with Gasteiger partial charge in [-0.05, 0) is 37.5 Å². The molecule has 0 unspecified atom stereocenters. The summed E-state index contributed by atoms with van der Waals surface area (Å²) >= 11 is 1.23. The number of piperidine rings is 1. The molecule has 0 radical (unpaired) electrons. The van der Waals surface area contributed by atoms with Crippen molar-refractivity contribution in [3.05, 3.63) is 52.9 Å². The van der Waals surface area contributed by atoms with Crippen LogP contribution in [0.5, 0.6) is 0 Å². The highest BCUT2D eigenvalue weighted by molar-refractivity contribution is 7.91. The van der Waals surface area contributed by atoms with Gasteiger partial charge in [-0.2, -0.15) is 4.31 Å². The maximum absolute atomic E-state index is 12.8. The second kappa shape index (κ2) is 8.85. The first kappa shape index (κ1) is 20.5. The summed E-state index contributed by atoms with van der Waals surface area (Å²) in [7, 11) is -3.60. The number of benzene rings is 1. The van der Waals surface area contributed by atoms with E-state index in [0.717, 1.165) is 10.4 Å². The van der Waals surface area contributed by atoms with Gasteiger partial charge in [0, 0.05) is 18.0 Å². The van der Waals surface area contributed by atoms with Crippen LogP contribution in [0.15, 0.2) is 46.7 Å². The second-order valence-electron chi connectivity index (χ2n) is 6.77. The number of carbonyl (C=O) groups is 2. The summed E-state index contributed by atoms with van der Waals surface area (Å²) in [5.74, 6) is -1.20. The molecule has 7 nitrogen and oxygen atoms in total. The second-order valence-corrected chi connectivity index (χ2v) is 10.2. The maximum atomic E-state index is 12.8. The minimum absolute atomic E-state index is 0.111. The third-order valence-corrected chi connectivity index (χ3v) is 7.93. The minimum Gasteiger partial charge on any atom is -0.273 e. The van der Waals surface area contributed by atoms with E-state index in [-0.39, 0.29) is 24.8 Å². The van der Waals surface area contributed by atoms with Crippen molar-refractivity contribution < 1.29 is 18.0 Å². The summed E-state index contributed by atoms with van der Waals surface area (Å²) in [5.41, 5.74) is 5.69. The van der Waals surface area contributed by atoms with Crippen LogP contribution in [0.25, 0.3) is 0 Å². The van der Waals surface area contributed by atoms with Gasteiger partial charge in [0.1, 0.15) is 4.21 Å². The third kappa shape index (κ3) is 4.98. The standard InChI is InChI=1S/C19H23N3O4S2/c1-14-9-10-18(27-14)28(25,26)22-11-5-8-16(13-22)19(24)21-20-17(23)12-15-6-3-2-4-7-15/h2-4,6-7,9-10,16H,5,8,11-13H2,1H3,(H,20,23)(H,21,24)/t16-/m0/s1.